The van der Waals surface area contributed by atoms with Gasteiger partial charge in [0, 0.05) is 23.8 Å². The molecule has 0 aliphatic heterocycles. The molecule has 0 spiro atoms. The number of phenols is 1. The van der Waals surface area contributed by atoms with Crippen LogP contribution < -0.4 is 5.43 Å². The molecule has 2 rings (SSSR count). The summed E-state index contributed by atoms with van der Waals surface area (Å²) < 4.78 is 0. The molecule has 0 bridgehead atoms. The van der Waals surface area contributed by atoms with Gasteiger partial charge < -0.3 is 5.11 Å². The van der Waals surface area contributed by atoms with Gasteiger partial charge in [0.15, 0.2) is 5.78 Å². The number of hydrogen-bond acceptors (Lipinski definition) is 4. The van der Waals surface area contributed by atoms with E-state index in [0.717, 1.165) is 5.56 Å². The van der Waals surface area contributed by atoms with Gasteiger partial charge in [0.05, 0.1) is 0 Å². The van der Waals surface area contributed by atoms with Crippen LogP contribution in [0.2, 0.25) is 0 Å². The predicted molar refractivity (Wildman–Crippen MR) is 84.2 cm³/mol. The Morgan fingerprint density at radius 3 is 2.27 bits per heavy atom. The highest BCUT2D eigenvalue weighted by molar-refractivity contribution is 6.03. The molecule has 5 heteroatoms. The minimum absolute atomic E-state index is 0.0670. The maximum absolute atomic E-state index is 11.9. The van der Waals surface area contributed by atoms with Crippen molar-refractivity contribution >= 4 is 17.9 Å². The number of carbonyl (C=O) groups is 2. The number of nitrogens with one attached hydrogen (secondary N) is 1. The van der Waals surface area contributed by atoms with Crippen LogP contribution in [0.4, 0.5) is 0 Å². The molecule has 0 saturated carbocycles. The molecular weight excluding hydrogens is 280 g/mol. The Morgan fingerprint density at radius 2 is 1.64 bits per heavy atom. The lowest BCUT2D eigenvalue weighted by molar-refractivity contribution is 0.0951. The van der Waals surface area contributed by atoms with Crippen LogP contribution >= 0.6 is 0 Å². The average Bonchev–Trinajstić information content (AvgIpc) is 2.52. The quantitative estimate of drug-likeness (QED) is 0.506. The SMILES string of the molecule is Cc1ccc(C(=O)C/C=N\NC(=O)c2ccc(O)cc2)cc1. The Morgan fingerprint density at radius 1 is 1.05 bits per heavy atom. The van der Waals surface area contributed by atoms with E-state index in [1.54, 1.807) is 12.1 Å². The highest BCUT2D eigenvalue weighted by Crippen LogP contribution is 2.09. The summed E-state index contributed by atoms with van der Waals surface area (Å²) in [5.74, 6) is -0.384. The second kappa shape index (κ2) is 7.17. The number of carbonyl (C=O) groups excluding carboxylic acids is 2. The summed E-state index contributed by atoms with van der Waals surface area (Å²) in [6.45, 7) is 1.95. The van der Waals surface area contributed by atoms with E-state index < -0.39 is 5.91 Å². The van der Waals surface area contributed by atoms with E-state index in [1.165, 1.54) is 30.5 Å². The molecule has 5 nitrogen and oxygen atoms in total. The van der Waals surface area contributed by atoms with Gasteiger partial charge in [0.25, 0.3) is 5.91 Å². The van der Waals surface area contributed by atoms with E-state index in [1.807, 2.05) is 19.1 Å². The van der Waals surface area contributed by atoms with Crippen molar-refractivity contribution in [1.29, 1.82) is 0 Å². The minimum atomic E-state index is -0.404. The standard InChI is InChI=1S/C17H16N2O3/c1-12-2-4-13(5-3-12)16(21)10-11-18-19-17(22)14-6-8-15(20)9-7-14/h2-9,11,20H,10H2,1H3,(H,19,22)/b18-11-. The van der Waals surface area contributed by atoms with E-state index >= 15 is 0 Å². The molecule has 0 aliphatic carbocycles. The number of hydrogen-bond donors (Lipinski definition) is 2. The molecule has 1 amide bonds. The topological polar surface area (TPSA) is 78.8 Å². The van der Waals surface area contributed by atoms with E-state index in [-0.39, 0.29) is 18.0 Å². The zero-order valence-electron chi connectivity index (χ0n) is 12.1. The summed E-state index contributed by atoms with van der Waals surface area (Å²) >= 11 is 0. The second-order valence-corrected chi connectivity index (χ2v) is 4.79. The third-order valence-electron chi connectivity index (χ3n) is 3.04. The lowest BCUT2D eigenvalue weighted by Crippen LogP contribution is -2.17. The molecule has 0 heterocycles. The smallest absolute Gasteiger partial charge is 0.271 e. The number of nitrogens with zero attached hydrogens (tertiary/aromatic N) is 1. The van der Waals surface area contributed by atoms with Crippen molar-refractivity contribution in [1.82, 2.24) is 5.43 Å². The zero-order chi connectivity index (χ0) is 15.9. The van der Waals surface area contributed by atoms with Crippen LogP contribution in [-0.4, -0.2) is 23.0 Å². The second-order valence-electron chi connectivity index (χ2n) is 4.79. The highest BCUT2D eigenvalue weighted by atomic mass is 16.3. The molecule has 0 radical (unpaired) electrons. The van der Waals surface area contributed by atoms with Crippen LogP contribution in [0.3, 0.4) is 0 Å². The molecule has 2 aromatic rings. The molecule has 112 valence electrons. The molecule has 0 saturated heterocycles. The molecule has 22 heavy (non-hydrogen) atoms. The lowest BCUT2D eigenvalue weighted by atomic mass is 10.1. The average molecular weight is 296 g/mol. The Kier molecular flexibility index (Phi) is 5.03. The number of Topliss-reactive ketones (excluding diaryl/α,β-unsaturated/α-hetero) is 1. The van der Waals surface area contributed by atoms with E-state index in [9.17, 15) is 9.59 Å². The summed E-state index contributed by atoms with van der Waals surface area (Å²) in [5.41, 5.74) is 4.41. The monoisotopic (exact) mass is 296 g/mol. The van der Waals surface area contributed by atoms with Crippen molar-refractivity contribution in [3.8, 4) is 5.75 Å². The first kappa shape index (κ1) is 15.4. The molecule has 0 atom stereocenters. The van der Waals surface area contributed by atoms with Crippen LogP contribution in [-0.2, 0) is 0 Å². The zero-order valence-corrected chi connectivity index (χ0v) is 12.1. The molecule has 0 aliphatic rings. The van der Waals surface area contributed by atoms with Crippen molar-refractivity contribution in [2.24, 2.45) is 5.10 Å². The largest absolute Gasteiger partial charge is 0.508 e. The summed E-state index contributed by atoms with van der Waals surface area (Å²) in [4.78, 5) is 23.6. The molecule has 0 fully saturated rings. The summed E-state index contributed by atoms with van der Waals surface area (Å²) in [6.07, 6.45) is 1.47. The number of phenolic OH excluding ortho intramolecular Hbond substituents is 1. The lowest BCUT2D eigenvalue weighted by Gasteiger charge is -2.00. The van der Waals surface area contributed by atoms with Crippen LogP contribution in [0.25, 0.3) is 0 Å². The van der Waals surface area contributed by atoms with Crippen molar-refractivity contribution < 1.29 is 14.7 Å². The summed E-state index contributed by atoms with van der Waals surface area (Å²) in [6, 6.07) is 13.1. The van der Waals surface area contributed by atoms with Gasteiger partial charge in [-0.3, -0.25) is 9.59 Å². The van der Waals surface area contributed by atoms with Gasteiger partial charge in [0.1, 0.15) is 5.75 Å². The number of hydrazone groups is 1. The summed E-state index contributed by atoms with van der Waals surface area (Å²) in [5, 5.41) is 12.9. The first-order valence-electron chi connectivity index (χ1n) is 6.77. The van der Waals surface area contributed by atoms with Crippen LogP contribution in [0.15, 0.2) is 53.6 Å². The Bertz CT molecular complexity index is 627. The van der Waals surface area contributed by atoms with Crippen LogP contribution in [0.5, 0.6) is 5.75 Å². The van der Waals surface area contributed by atoms with Gasteiger partial charge in [-0.25, -0.2) is 5.43 Å². The van der Waals surface area contributed by atoms with Gasteiger partial charge in [-0.1, -0.05) is 29.8 Å². The number of aromatic hydroxyl groups is 1. The fourth-order valence-corrected chi connectivity index (χ4v) is 1.77. The summed E-state index contributed by atoms with van der Waals surface area (Å²) in [7, 11) is 0. The third-order valence-corrected chi connectivity index (χ3v) is 3.04. The van der Waals surface area contributed by atoms with Gasteiger partial charge in [-0.15, -0.1) is 0 Å². The molecule has 2 N–H and O–H groups in total. The number of ketones is 1. The van der Waals surface area contributed by atoms with Crippen molar-refractivity contribution in [2.45, 2.75) is 13.3 Å². The fraction of sp³-hybridized carbons (Fsp3) is 0.118. The first-order valence-corrected chi connectivity index (χ1v) is 6.77. The van der Waals surface area contributed by atoms with Gasteiger partial charge in [-0.05, 0) is 31.2 Å². The van der Waals surface area contributed by atoms with Crippen LogP contribution in [0.1, 0.15) is 32.7 Å². The van der Waals surface area contributed by atoms with Crippen molar-refractivity contribution in [2.75, 3.05) is 0 Å². The minimum Gasteiger partial charge on any atom is -0.508 e. The number of amides is 1. The van der Waals surface area contributed by atoms with Gasteiger partial charge in [0.2, 0.25) is 0 Å². The molecule has 0 aromatic heterocycles. The third kappa shape index (κ3) is 4.28. The van der Waals surface area contributed by atoms with Crippen LogP contribution in [0, 0.1) is 6.92 Å². The van der Waals surface area contributed by atoms with Crippen molar-refractivity contribution in [3.63, 3.8) is 0 Å². The Hall–Kier alpha value is -2.95. The maximum Gasteiger partial charge on any atom is 0.271 e. The predicted octanol–water partition coefficient (Wildman–Crippen LogP) is 2.69. The fourth-order valence-electron chi connectivity index (χ4n) is 1.77. The highest BCUT2D eigenvalue weighted by Gasteiger charge is 2.05. The Balaban J connectivity index is 1.85. The number of benzene rings is 2. The molecular formula is C17H16N2O3. The van der Waals surface area contributed by atoms with Gasteiger partial charge >= 0.3 is 0 Å². The first-order chi connectivity index (χ1) is 10.6. The number of aryl methyl sites for hydroxylation is 1. The number of rotatable bonds is 5. The Labute approximate surface area is 128 Å². The molecule has 2 aromatic carbocycles. The normalized spacial score (nSPS) is 10.6. The maximum atomic E-state index is 11.9. The van der Waals surface area contributed by atoms with E-state index in [4.69, 9.17) is 5.11 Å². The van der Waals surface area contributed by atoms with E-state index in [2.05, 4.69) is 10.5 Å². The van der Waals surface area contributed by atoms with Crippen molar-refractivity contribution in [3.05, 3.63) is 65.2 Å². The van der Waals surface area contributed by atoms with Gasteiger partial charge in [-0.2, -0.15) is 5.10 Å². The molecule has 0 unspecified atom stereocenters. The van der Waals surface area contributed by atoms with E-state index in [0.29, 0.717) is 11.1 Å².